The third-order valence-corrected chi connectivity index (χ3v) is 4.06. The molecule has 1 saturated heterocycles. The van der Waals surface area contributed by atoms with Crippen molar-refractivity contribution in [2.24, 2.45) is 0 Å². The number of rotatable bonds is 3. The van der Waals surface area contributed by atoms with Crippen molar-refractivity contribution in [1.82, 2.24) is 9.88 Å². The molecule has 0 amide bonds. The van der Waals surface area contributed by atoms with Crippen molar-refractivity contribution >= 4 is 17.6 Å². The Kier molecular flexibility index (Phi) is 3.88. The number of carboxylic acid groups (broad SMARTS) is 1. The quantitative estimate of drug-likeness (QED) is 0.915. The van der Waals surface area contributed by atoms with Gasteiger partial charge in [0, 0.05) is 18.9 Å². The summed E-state index contributed by atoms with van der Waals surface area (Å²) < 4.78 is 0. The second kappa shape index (κ2) is 5.24. The number of carboxylic acids is 1. The zero-order valence-electron chi connectivity index (χ0n) is 10.4. The number of aromatic nitrogens is 1. The van der Waals surface area contributed by atoms with E-state index in [0.29, 0.717) is 18.0 Å². The molecule has 1 fully saturated rings. The number of carbonyl (C=O) groups is 1. The Labute approximate surface area is 112 Å². The third-order valence-electron chi connectivity index (χ3n) is 3.72. The molecule has 1 atom stereocenters. The molecule has 1 unspecified atom stereocenters. The average Bonchev–Trinajstić information content (AvgIpc) is 2.34. The van der Waals surface area contributed by atoms with Crippen LogP contribution in [-0.2, 0) is 11.3 Å². The van der Waals surface area contributed by atoms with Crippen molar-refractivity contribution < 1.29 is 9.90 Å². The van der Waals surface area contributed by atoms with Gasteiger partial charge in [0.15, 0.2) is 0 Å². The van der Waals surface area contributed by atoms with Crippen LogP contribution in [0.5, 0.6) is 0 Å². The first kappa shape index (κ1) is 13.3. The van der Waals surface area contributed by atoms with Crippen LogP contribution in [0, 0.1) is 0 Å². The molecule has 98 valence electrons. The Hall–Kier alpha value is -1.13. The van der Waals surface area contributed by atoms with Gasteiger partial charge in [-0.15, -0.1) is 0 Å². The highest BCUT2D eigenvalue weighted by Gasteiger charge is 2.41. The maximum absolute atomic E-state index is 11.5. The van der Waals surface area contributed by atoms with Gasteiger partial charge in [0.25, 0.3) is 0 Å². The fourth-order valence-corrected chi connectivity index (χ4v) is 2.59. The molecule has 18 heavy (non-hydrogen) atoms. The monoisotopic (exact) mass is 268 g/mol. The lowest BCUT2D eigenvalue weighted by Crippen LogP contribution is -2.54. The Balaban J connectivity index is 2.21. The summed E-state index contributed by atoms with van der Waals surface area (Å²) >= 11 is 6.08. The molecule has 0 bridgehead atoms. The van der Waals surface area contributed by atoms with Gasteiger partial charge in [-0.2, -0.15) is 0 Å². The van der Waals surface area contributed by atoms with E-state index < -0.39 is 11.5 Å². The predicted octanol–water partition coefficient (Wildman–Crippen LogP) is 2.56. The van der Waals surface area contributed by atoms with Crippen LogP contribution in [-0.4, -0.2) is 33.0 Å². The summed E-state index contributed by atoms with van der Waals surface area (Å²) in [6.07, 6.45) is 5.96. The summed E-state index contributed by atoms with van der Waals surface area (Å²) in [5.41, 5.74) is 0.145. The summed E-state index contributed by atoms with van der Waals surface area (Å²) in [4.78, 5) is 17.4. The molecule has 1 aliphatic rings. The van der Waals surface area contributed by atoms with Crippen LogP contribution in [0.1, 0.15) is 31.7 Å². The Bertz CT molecular complexity index is 452. The van der Waals surface area contributed by atoms with Crippen molar-refractivity contribution in [2.45, 2.75) is 38.3 Å². The SMILES string of the molecule is CC1(C(=O)O)CCCCN1Cc1ccncc1Cl. The highest BCUT2D eigenvalue weighted by atomic mass is 35.5. The molecule has 1 aromatic heterocycles. The van der Waals surface area contributed by atoms with Gasteiger partial charge in [-0.1, -0.05) is 11.6 Å². The predicted molar refractivity (Wildman–Crippen MR) is 69.5 cm³/mol. The first-order valence-corrected chi connectivity index (χ1v) is 6.48. The van der Waals surface area contributed by atoms with Gasteiger partial charge < -0.3 is 5.11 Å². The zero-order chi connectivity index (χ0) is 13.2. The number of hydrogen-bond donors (Lipinski definition) is 1. The molecule has 1 aromatic rings. The van der Waals surface area contributed by atoms with Crippen LogP contribution in [0.15, 0.2) is 18.5 Å². The standard InChI is InChI=1S/C13H17ClN2O2/c1-13(12(17)18)5-2-3-7-16(13)9-10-4-6-15-8-11(10)14/h4,6,8H,2-3,5,7,9H2,1H3,(H,17,18). The lowest BCUT2D eigenvalue weighted by Gasteiger charge is -2.41. The summed E-state index contributed by atoms with van der Waals surface area (Å²) in [6.45, 7) is 3.15. The van der Waals surface area contributed by atoms with E-state index in [-0.39, 0.29) is 0 Å². The van der Waals surface area contributed by atoms with E-state index in [1.807, 2.05) is 11.0 Å². The first-order valence-electron chi connectivity index (χ1n) is 6.11. The third kappa shape index (κ3) is 2.49. The molecular weight excluding hydrogens is 252 g/mol. The Morgan fingerprint density at radius 3 is 3.06 bits per heavy atom. The molecule has 5 heteroatoms. The van der Waals surface area contributed by atoms with Crippen molar-refractivity contribution in [3.8, 4) is 0 Å². The van der Waals surface area contributed by atoms with Crippen LogP contribution >= 0.6 is 11.6 Å². The van der Waals surface area contributed by atoms with Gasteiger partial charge in [-0.25, -0.2) is 0 Å². The maximum atomic E-state index is 11.5. The number of nitrogens with zero attached hydrogens (tertiary/aromatic N) is 2. The average molecular weight is 269 g/mol. The van der Waals surface area contributed by atoms with Gasteiger partial charge in [-0.05, 0) is 44.4 Å². The Morgan fingerprint density at radius 2 is 2.39 bits per heavy atom. The van der Waals surface area contributed by atoms with Gasteiger partial charge in [0.05, 0.1) is 5.02 Å². The second-order valence-corrected chi connectivity index (χ2v) is 5.33. The van der Waals surface area contributed by atoms with Crippen molar-refractivity contribution in [3.05, 3.63) is 29.0 Å². The molecule has 0 spiro atoms. The van der Waals surface area contributed by atoms with E-state index >= 15 is 0 Å². The topological polar surface area (TPSA) is 53.4 Å². The number of hydrogen-bond acceptors (Lipinski definition) is 3. The van der Waals surface area contributed by atoms with E-state index in [1.54, 1.807) is 19.3 Å². The normalized spacial score (nSPS) is 25.0. The molecule has 1 N–H and O–H groups in total. The van der Waals surface area contributed by atoms with Crippen molar-refractivity contribution in [2.75, 3.05) is 6.54 Å². The van der Waals surface area contributed by atoms with Crippen LogP contribution in [0.25, 0.3) is 0 Å². The molecule has 2 heterocycles. The highest BCUT2D eigenvalue weighted by Crippen LogP contribution is 2.30. The van der Waals surface area contributed by atoms with E-state index in [1.165, 1.54) is 0 Å². The second-order valence-electron chi connectivity index (χ2n) is 4.92. The molecule has 0 radical (unpaired) electrons. The summed E-state index contributed by atoms with van der Waals surface area (Å²) in [6, 6.07) is 1.85. The maximum Gasteiger partial charge on any atom is 0.323 e. The lowest BCUT2D eigenvalue weighted by atomic mass is 9.88. The molecule has 0 aliphatic carbocycles. The Morgan fingerprint density at radius 1 is 1.61 bits per heavy atom. The number of likely N-dealkylation sites (tertiary alicyclic amines) is 1. The lowest BCUT2D eigenvalue weighted by molar-refractivity contribution is -0.153. The summed E-state index contributed by atoms with van der Waals surface area (Å²) in [7, 11) is 0. The minimum atomic E-state index is -0.787. The molecule has 1 aliphatic heterocycles. The van der Waals surface area contributed by atoms with Crippen LogP contribution in [0.3, 0.4) is 0 Å². The van der Waals surface area contributed by atoms with Crippen LogP contribution < -0.4 is 0 Å². The van der Waals surface area contributed by atoms with Crippen molar-refractivity contribution in [3.63, 3.8) is 0 Å². The molecule has 0 aromatic carbocycles. The number of aliphatic carboxylic acids is 1. The summed E-state index contributed by atoms with van der Waals surface area (Å²) in [5, 5.41) is 10.0. The van der Waals surface area contributed by atoms with Gasteiger partial charge >= 0.3 is 5.97 Å². The van der Waals surface area contributed by atoms with Gasteiger partial charge in [0.1, 0.15) is 5.54 Å². The van der Waals surface area contributed by atoms with Gasteiger partial charge in [-0.3, -0.25) is 14.7 Å². The number of pyridine rings is 1. The molecule has 4 nitrogen and oxygen atoms in total. The first-order chi connectivity index (χ1) is 8.54. The fourth-order valence-electron chi connectivity index (χ4n) is 2.41. The van der Waals surface area contributed by atoms with Gasteiger partial charge in [0.2, 0.25) is 0 Å². The number of piperidine rings is 1. The minimum Gasteiger partial charge on any atom is -0.480 e. The largest absolute Gasteiger partial charge is 0.480 e. The smallest absolute Gasteiger partial charge is 0.323 e. The van der Waals surface area contributed by atoms with E-state index in [2.05, 4.69) is 4.98 Å². The van der Waals surface area contributed by atoms with Crippen LogP contribution in [0.2, 0.25) is 5.02 Å². The van der Waals surface area contributed by atoms with E-state index in [0.717, 1.165) is 24.9 Å². The zero-order valence-corrected chi connectivity index (χ0v) is 11.2. The molecular formula is C13H17ClN2O2. The van der Waals surface area contributed by atoms with E-state index in [9.17, 15) is 9.90 Å². The molecule has 2 rings (SSSR count). The van der Waals surface area contributed by atoms with E-state index in [4.69, 9.17) is 11.6 Å². The van der Waals surface area contributed by atoms with Crippen molar-refractivity contribution in [1.29, 1.82) is 0 Å². The minimum absolute atomic E-state index is 0.560. The van der Waals surface area contributed by atoms with Crippen LogP contribution in [0.4, 0.5) is 0 Å². The fraction of sp³-hybridized carbons (Fsp3) is 0.538. The molecule has 0 saturated carbocycles. The summed E-state index contributed by atoms with van der Waals surface area (Å²) in [5.74, 6) is -0.757. The number of halogens is 1. The highest BCUT2D eigenvalue weighted by molar-refractivity contribution is 6.31.